The van der Waals surface area contributed by atoms with Crippen LogP contribution < -0.4 is 5.32 Å². The molecule has 0 aliphatic carbocycles. The lowest BCUT2D eigenvalue weighted by atomic mass is 10.1. The number of aliphatic hydroxyl groups is 1. The Hall–Kier alpha value is -1.46. The van der Waals surface area contributed by atoms with E-state index in [9.17, 15) is 9.18 Å². The standard InChI is InChI=1S/C13H18FNO3/c14-12-4-1-3-11(9-12)10-13(17)15-5-2-7-18-8-6-16/h1,3-4,9,16H,2,5-8,10H2,(H,15,17). The first kappa shape index (κ1) is 14.6. The topological polar surface area (TPSA) is 58.6 Å². The van der Waals surface area contributed by atoms with Gasteiger partial charge in [-0.1, -0.05) is 12.1 Å². The van der Waals surface area contributed by atoms with Gasteiger partial charge in [0.05, 0.1) is 19.6 Å². The number of halogens is 1. The second-order valence-corrected chi connectivity index (χ2v) is 3.85. The van der Waals surface area contributed by atoms with Gasteiger partial charge < -0.3 is 15.2 Å². The second-order valence-electron chi connectivity index (χ2n) is 3.85. The normalized spacial score (nSPS) is 10.3. The number of benzene rings is 1. The largest absolute Gasteiger partial charge is 0.394 e. The molecule has 0 aliphatic rings. The van der Waals surface area contributed by atoms with Crippen LogP contribution in [-0.2, 0) is 16.0 Å². The van der Waals surface area contributed by atoms with Crippen molar-refractivity contribution in [3.63, 3.8) is 0 Å². The fourth-order valence-corrected chi connectivity index (χ4v) is 1.46. The molecular weight excluding hydrogens is 237 g/mol. The zero-order chi connectivity index (χ0) is 13.2. The summed E-state index contributed by atoms with van der Waals surface area (Å²) in [7, 11) is 0. The van der Waals surface area contributed by atoms with Gasteiger partial charge in [-0.3, -0.25) is 4.79 Å². The molecule has 100 valence electrons. The maximum absolute atomic E-state index is 12.9. The SMILES string of the molecule is O=C(Cc1cccc(F)c1)NCCCOCCO. The van der Waals surface area contributed by atoms with Crippen molar-refractivity contribution in [2.45, 2.75) is 12.8 Å². The molecule has 0 heterocycles. The summed E-state index contributed by atoms with van der Waals surface area (Å²) < 4.78 is 17.9. The Labute approximate surface area is 106 Å². The minimum atomic E-state index is -0.335. The molecule has 0 radical (unpaired) electrons. The summed E-state index contributed by atoms with van der Waals surface area (Å²) in [6.45, 7) is 1.34. The molecule has 0 saturated carbocycles. The third-order valence-corrected chi connectivity index (χ3v) is 2.28. The van der Waals surface area contributed by atoms with Crippen molar-refractivity contribution in [1.82, 2.24) is 5.32 Å². The molecule has 0 atom stereocenters. The molecule has 0 unspecified atom stereocenters. The Kier molecular flexibility index (Phi) is 6.98. The molecule has 1 rings (SSSR count). The monoisotopic (exact) mass is 255 g/mol. The highest BCUT2D eigenvalue weighted by atomic mass is 19.1. The molecule has 5 heteroatoms. The third kappa shape index (κ3) is 6.32. The Morgan fingerprint density at radius 2 is 2.22 bits per heavy atom. The first-order valence-electron chi connectivity index (χ1n) is 5.92. The maximum atomic E-state index is 12.9. The van der Waals surface area contributed by atoms with Crippen molar-refractivity contribution < 1.29 is 19.0 Å². The van der Waals surface area contributed by atoms with Gasteiger partial charge in [0.1, 0.15) is 5.82 Å². The van der Waals surface area contributed by atoms with Gasteiger partial charge in [0, 0.05) is 13.2 Å². The van der Waals surface area contributed by atoms with Crippen LogP contribution in [0.4, 0.5) is 4.39 Å². The van der Waals surface area contributed by atoms with E-state index >= 15 is 0 Å². The minimum absolute atomic E-state index is 0.00588. The first-order chi connectivity index (χ1) is 8.72. The van der Waals surface area contributed by atoms with Gasteiger partial charge in [0.15, 0.2) is 0 Å². The van der Waals surface area contributed by atoms with Crippen molar-refractivity contribution in [2.24, 2.45) is 0 Å². The van der Waals surface area contributed by atoms with Crippen LogP contribution in [0.3, 0.4) is 0 Å². The van der Waals surface area contributed by atoms with Gasteiger partial charge in [-0.25, -0.2) is 4.39 Å². The van der Waals surface area contributed by atoms with Crippen LogP contribution in [0, 0.1) is 5.82 Å². The molecular formula is C13H18FNO3. The van der Waals surface area contributed by atoms with Crippen LogP contribution in [0.25, 0.3) is 0 Å². The van der Waals surface area contributed by atoms with E-state index in [-0.39, 0.29) is 24.8 Å². The zero-order valence-electron chi connectivity index (χ0n) is 10.2. The third-order valence-electron chi connectivity index (χ3n) is 2.28. The number of amides is 1. The van der Waals surface area contributed by atoms with Crippen molar-refractivity contribution in [2.75, 3.05) is 26.4 Å². The number of rotatable bonds is 8. The van der Waals surface area contributed by atoms with Gasteiger partial charge in [-0.2, -0.15) is 0 Å². The highest BCUT2D eigenvalue weighted by Gasteiger charge is 2.03. The summed E-state index contributed by atoms with van der Waals surface area (Å²) in [5.74, 6) is -0.472. The van der Waals surface area contributed by atoms with Crippen LogP contribution in [0.15, 0.2) is 24.3 Å². The smallest absolute Gasteiger partial charge is 0.224 e. The molecule has 0 bridgehead atoms. The Bertz CT molecular complexity index is 371. The molecule has 0 saturated heterocycles. The maximum Gasteiger partial charge on any atom is 0.224 e. The Morgan fingerprint density at radius 3 is 2.94 bits per heavy atom. The van der Waals surface area contributed by atoms with Gasteiger partial charge in [-0.05, 0) is 24.1 Å². The summed E-state index contributed by atoms with van der Waals surface area (Å²) in [6, 6.07) is 6.00. The van der Waals surface area contributed by atoms with Gasteiger partial charge in [0.25, 0.3) is 0 Å². The summed E-state index contributed by atoms with van der Waals surface area (Å²) >= 11 is 0. The summed E-state index contributed by atoms with van der Waals surface area (Å²) in [5, 5.41) is 11.2. The molecule has 1 aromatic rings. The Balaban J connectivity index is 2.14. The summed E-state index contributed by atoms with van der Waals surface area (Å²) in [6.07, 6.45) is 0.865. The minimum Gasteiger partial charge on any atom is -0.394 e. The number of nitrogens with one attached hydrogen (secondary N) is 1. The number of carbonyl (C=O) groups excluding carboxylic acids is 1. The van der Waals surface area contributed by atoms with Crippen molar-refractivity contribution in [1.29, 1.82) is 0 Å². The van der Waals surface area contributed by atoms with E-state index in [1.807, 2.05) is 0 Å². The van der Waals surface area contributed by atoms with Crippen LogP contribution in [0.1, 0.15) is 12.0 Å². The van der Waals surface area contributed by atoms with Crippen molar-refractivity contribution in [3.05, 3.63) is 35.6 Å². The van der Waals surface area contributed by atoms with Gasteiger partial charge >= 0.3 is 0 Å². The lowest BCUT2D eigenvalue weighted by molar-refractivity contribution is -0.120. The molecule has 0 aliphatic heterocycles. The fraction of sp³-hybridized carbons (Fsp3) is 0.462. The quantitative estimate of drug-likeness (QED) is 0.678. The van der Waals surface area contributed by atoms with E-state index < -0.39 is 0 Å². The predicted octanol–water partition coefficient (Wildman–Crippen LogP) is 0.883. The Morgan fingerprint density at radius 1 is 1.39 bits per heavy atom. The van der Waals surface area contributed by atoms with Gasteiger partial charge in [0.2, 0.25) is 5.91 Å². The molecule has 18 heavy (non-hydrogen) atoms. The van der Waals surface area contributed by atoms with Crippen molar-refractivity contribution in [3.8, 4) is 0 Å². The van der Waals surface area contributed by atoms with Crippen molar-refractivity contribution >= 4 is 5.91 Å². The number of hydrogen-bond donors (Lipinski definition) is 2. The molecule has 0 spiro atoms. The average molecular weight is 255 g/mol. The van der Waals surface area contributed by atoms with Crippen LogP contribution in [-0.4, -0.2) is 37.4 Å². The van der Waals surface area contributed by atoms with Crippen LogP contribution in [0.5, 0.6) is 0 Å². The molecule has 4 nitrogen and oxygen atoms in total. The first-order valence-corrected chi connectivity index (χ1v) is 5.92. The van der Waals surface area contributed by atoms with E-state index in [1.165, 1.54) is 12.1 Å². The molecule has 2 N–H and O–H groups in total. The summed E-state index contributed by atoms with van der Waals surface area (Å²) in [5.41, 5.74) is 0.657. The van der Waals surface area contributed by atoms with Crippen LogP contribution in [0.2, 0.25) is 0 Å². The van der Waals surface area contributed by atoms with Gasteiger partial charge in [-0.15, -0.1) is 0 Å². The van der Waals surface area contributed by atoms with E-state index in [0.717, 1.165) is 0 Å². The average Bonchev–Trinajstić information content (AvgIpc) is 2.33. The number of hydrogen-bond acceptors (Lipinski definition) is 3. The van der Waals surface area contributed by atoms with E-state index in [2.05, 4.69) is 5.32 Å². The number of aliphatic hydroxyl groups excluding tert-OH is 1. The van der Waals surface area contributed by atoms with E-state index in [0.29, 0.717) is 31.7 Å². The fourth-order valence-electron chi connectivity index (χ4n) is 1.46. The van der Waals surface area contributed by atoms with E-state index in [1.54, 1.807) is 12.1 Å². The zero-order valence-corrected chi connectivity index (χ0v) is 10.2. The molecule has 0 fully saturated rings. The van der Waals surface area contributed by atoms with Crippen LogP contribution >= 0.6 is 0 Å². The summed E-state index contributed by atoms with van der Waals surface area (Å²) in [4.78, 5) is 11.5. The molecule has 0 aromatic heterocycles. The molecule has 1 aromatic carbocycles. The predicted molar refractivity (Wildman–Crippen MR) is 65.6 cm³/mol. The lowest BCUT2D eigenvalue weighted by Gasteiger charge is -2.05. The number of ether oxygens (including phenoxy) is 1. The second kappa shape index (κ2) is 8.60. The number of carbonyl (C=O) groups is 1. The van der Waals surface area contributed by atoms with E-state index in [4.69, 9.17) is 9.84 Å². The molecule has 1 amide bonds. The highest BCUT2D eigenvalue weighted by molar-refractivity contribution is 5.78. The lowest BCUT2D eigenvalue weighted by Crippen LogP contribution is -2.26. The highest BCUT2D eigenvalue weighted by Crippen LogP contribution is 2.03.